The molecular formula is C24H23F2N7O. The number of rotatable bonds is 3. The molecule has 10 heteroatoms. The molecule has 34 heavy (non-hydrogen) atoms. The van der Waals surface area contributed by atoms with Crippen LogP contribution in [-0.2, 0) is 4.74 Å². The lowest BCUT2D eigenvalue weighted by atomic mass is 10.1. The van der Waals surface area contributed by atoms with Gasteiger partial charge in [-0.25, -0.2) is 33.7 Å². The lowest BCUT2D eigenvalue weighted by Gasteiger charge is -2.36. The van der Waals surface area contributed by atoms with E-state index in [4.69, 9.17) is 9.72 Å². The van der Waals surface area contributed by atoms with Crippen molar-refractivity contribution in [1.29, 1.82) is 0 Å². The van der Waals surface area contributed by atoms with E-state index < -0.39 is 11.6 Å². The van der Waals surface area contributed by atoms with Crippen LogP contribution in [0.15, 0.2) is 30.5 Å². The third-order valence-electron chi connectivity index (χ3n) is 5.79. The third-order valence-corrected chi connectivity index (χ3v) is 5.79. The summed E-state index contributed by atoms with van der Waals surface area (Å²) in [6.45, 7) is 8.41. The monoisotopic (exact) mass is 463 g/mol. The molecule has 4 aromatic rings. The molecule has 1 aromatic carbocycles. The van der Waals surface area contributed by atoms with Gasteiger partial charge in [0.2, 0.25) is 5.95 Å². The Kier molecular flexibility index (Phi) is 5.60. The molecule has 1 aliphatic rings. The van der Waals surface area contributed by atoms with Gasteiger partial charge in [0.15, 0.2) is 5.65 Å². The van der Waals surface area contributed by atoms with E-state index in [9.17, 15) is 8.78 Å². The molecule has 174 valence electrons. The Morgan fingerprint density at radius 1 is 0.941 bits per heavy atom. The van der Waals surface area contributed by atoms with Gasteiger partial charge in [0.05, 0.1) is 29.7 Å². The normalized spacial score (nSPS) is 18.5. The summed E-state index contributed by atoms with van der Waals surface area (Å²) >= 11 is 0. The Morgan fingerprint density at radius 3 is 2.50 bits per heavy atom. The summed E-state index contributed by atoms with van der Waals surface area (Å²) in [7, 11) is 0. The maximum Gasteiger partial charge on any atom is 0.228 e. The van der Waals surface area contributed by atoms with Gasteiger partial charge < -0.3 is 9.64 Å². The van der Waals surface area contributed by atoms with E-state index in [1.54, 1.807) is 6.20 Å². The maximum atomic E-state index is 14.8. The van der Waals surface area contributed by atoms with Gasteiger partial charge in [-0.15, -0.1) is 0 Å². The zero-order chi connectivity index (χ0) is 24.0. The van der Waals surface area contributed by atoms with Crippen LogP contribution in [0.3, 0.4) is 0 Å². The van der Waals surface area contributed by atoms with Crippen LogP contribution in [0.1, 0.15) is 35.9 Å². The third kappa shape index (κ3) is 4.16. The van der Waals surface area contributed by atoms with Gasteiger partial charge in [0.1, 0.15) is 34.8 Å². The summed E-state index contributed by atoms with van der Waals surface area (Å²) in [6.07, 6.45) is 1.25. The average Bonchev–Trinajstić information content (AvgIpc) is 2.79. The number of fused-ring (bicyclic) bond motifs is 1. The highest BCUT2D eigenvalue weighted by Crippen LogP contribution is 2.32. The first-order chi connectivity index (χ1) is 16.3. The number of hydrogen-bond donors (Lipinski definition) is 0. The minimum absolute atomic E-state index is 0.134. The first kappa shape index (κ1) is 22.1. The Labute approximate surface area is 195 Å². The van der Waals surface area contributed by atoms with Crippen molar-refractivity contribution in [2.45, 2.75) is 39.9 Å². The zero-order valence-corrected chi connectivity index (χ0v) is 19.3. The summed E-state index contributed by atoms with van der Waals surface area (Å²) in [5.74, 6) is -0.365. The SMILES string of the molecule is Cc1nccc(C2CN(c3nc(-c4ccc(F)cc4F)c4nc(C)c(C)nc4n3)CC(C)O2)n1. The molecule has 5 rings (SSSR count). The number of benzene rings is 1. The summed E-state index contributed by atoms with van der Waals surface area (Å²) < 4.78 is 34.5. The second-order valence-electron chi connectivity index (χ2n) is 8.43. The summed E-state index contributed by atoms with van der Waals surface area (Å²) in [4.78, 5) is 29.2. The van der Waals surface area contributed by atoms with E-state index in [1.165, 1.54) is 12.1 Å². The van der Waals surface area contributed by atoms with Crippen molar-refractivity contribution in [1.82, 2.24) is 29.9 Å². The number of aryl methyl sites for hydroxylation is 3. The molecule has 3 aromatic heterocycles. The van der Waals surface area contributed by atoms with Gasteiger partial charge in [0, 0.05) is 24.4 Å². The number of nitrogens with zero attached hydrogens (tertiary/aromatic N) is 7. The zero-order valence-electron chi connectivity index (χ0n) is 19.3. The minimum Gasteiger partial charge on any atom is -0.365 e. The largest absolute Gasteiger partial charge is 0.365 e. The fourth-order valence-electron chi connectivity index (χ4n) is 4.04. The van der Waals surface area contributed by atoms with Crippen molar-refractivity contribution in [3.05, 3.63) is 65.0 Å². The number of aromatic nitrogens is 6. The van der Waals surface area contributed by atoms with E-state index in [-0.39, 0.29) is 23.5 Å². The molecule has 0 saturated carbocycles. The van der Waals surface area contributed by atoms with Gasteiger partial charge in [-0.1, -0.05) is 0 Å². The number of anilines is 1. The van der Waals surface area contributed by atoms with Gasteiger partial charge >= 0.3 is 0 Å². The van der Waals surface area contributed by atoms with E-state index in [0.717, 1.165) is 11.8 Å². The molecule has 0 amide bonds. The van der Waals surface area contributed by atoms with Crippen LogP contribution >= 0.6 is 0 Å². The van der Waals surface area contributed by atoms with E-state index in [1.807, 2.05) is 38.7 Å². The molecule has 0 radical (unpaired) electrons. The molecule has 0 spiro atoms. The van der Waals surface area contributed by atoms with Crippen molar-refractivity contribution in [2.75, 3.05) is 18.0 Å². The first-order valence-electron chi connectivity index (χ1n) is 11.0. The highest BCUT2D eigenvalue weighted by atomic mass is 19.1. The summed E-state index contributed by atoms with van der Waals surface area (Å²) in [6, 6.07) is 5.22. The number of ether oxygens (including phenoxy) is 1. The first-order valence-corrected chi connectivity index (χ1v) is 11.0. The van der Waals surface area contributed by atoms with Crippen molar-refractivity contribution >= 4 is 17.1 Å². The second kappa shape index (κ2) is 8.60. The fourth-order valence-corrected chi connectivity index (χ4v) is 4.04. The smallest absolute Gasteiger partial charge is 0.228 e. The molecule has 2 atom stereocenters. The van der Waals surface area contributed by atoms with Gasteiger partial charge in [-0.05, 0) is 45.9 Å². The topological polar surface area (TPSA) is 89.8 Å². The predicted octanol–water partition coefficient (Wildman–Crippen LogP) is 4.05. The molecule has 0 N–H and O–H groups in total. The van der Waals surface area contributed by atoms with E-state index in [0.29, 0.717) is 47.4 Å². The van der Waals surface area contributed by atoms with Crippen LogP contribution < -0.4 is 4.90 Å². The number of morpholine rings is 1. The van der Waals surface area contributed by atoms with Crippen molar-refractivity contribution in [3.8, 4) is 11.3 Å². The number of halogens is 2. The van der Waals surface area contributed by atoms with Crippen LogP contribution in [0.25, 0.3) is 22.4 Å². The van der Waals surface area contributed by atoms with Crippen molar-refractivity contribution in [2.24, 2.45) is 0 Å². The minimum atomic E-state index is -0.726. The molecule has 1 saturated heterocycles. The Hall–Kier alpha value is -3.66. The van der Waals surface area contributed by atoms with Crippen LogP contribution in [0.5, 0.6) is 0 Å². The maximum absolute atomic E-state index is 14.8. The van der Waals surface area contributed by atoms with Gasteiger partial charge in [0.25, 0.3) is 0 Å². The Balaban J connectivity index is 1.64. The highest BCUT2D eigenvalue weighted by molar-refractivity contribution is 5.88. The molecular weight excluding hydrogens is 440 g/mol. The van der Waals surface area contributed by atoms with Gasteiger partial charge in [-0.2, -0.15) is 4.98 Å². The molecule has 1 aliphatic heterocycles. The predicted molar refractivity (Wildman–Crippen MR) is 122 cm³/mol. The fraction of sp³-hybridized carbons (Fsp3) is 0.333. The molecule has 8 nitrogen and oxygen atoms in total. The Morgan fingerprint density at radius 2 is 1.74 bits per heavy atom. The van der Waals surface area contributed by atoms with E-state index in [2.05, 4.69) is 24.9 Å². The molecule has 0 bridgehead atoms. The molecule has 2 unspecified atom stereocenters. The molecule has 1 fully saturated rings. The van der Waals surface area contributed by atoms with Crippen LogP contribution in [0.4, 0.5) is 14.7 Å². The van der Waals surface area contributed by atoms with Crippen molar-refractivity contribution in [3.63, 3.8) is 0 Å². The lowest BCUT2D eigenvalue weighted by molar-refractivity contribution is -0.0201. The van der Waals surface area contributed by atoms with Crippen LogP contribution in [0, 0.1) is 32.4 Å². The van der Waals surface area contributed by atoms with Crippen LogP contribution in [-0.4, -0.2) is 49.1 Å². The van der Waals surface area contributed by atoms with Crippen molar-refractivity contribution < 1.29 is 13.5 Å². The quantitative estimate of drug-likeness (QED) is 0.450. The average molecular weight is 463 g/mol. The summed E-state index contributed by atoms with van der Waals surface area (Å²) in [5, 5.41) is 0. The van der Waals surface area contributed by atoms with Gasteiger partial charge in [-0.3, -0.25) is 0 Å². The molecule has 4 heterocycles. The van der Waals surface area contributed by atoms with Crippen LogP contribution in [0.2, 0.25) is 0 Å². The molecule has 0 aliphatic carbocycles. The number of hydrogen-bond acceptors (Lipinski definition) is 8. The standard InChI is InChI=1S/C24H23F2N7O/c1-12-10-33(11-20(34-12)19-7-8-27-15(4)30-19)24-31-21(17-6-5-16(25)9-18(17)26)22-23(32-24)29-14(3)13(2)28-22/h5-9,12,20H,10-11H2,1-4H3. The summed E-state index contributed by atoms with van der Waals surface area (Å²) in [5.41, 5.74) is 3.28. The Bertz CT molecular complexity index is 1400. The van der Waals surface area contributed by atoms with E-state index >= 15 is 0 Å². The highest BCUT2D eigenvalue weighted by Gasteiger charge is 2.30. The lowest BCUT2D eigenvalue weighted by Crippen LogP contribution is -2.44. The second-order valence-corrected chi connectivity index (χ2v) is 8.43.